The molecule has 0 saturated carbocycles. The van der Waals surface area contributed by atoms with E-state index in [1.807, 2.05) is 0 Å². The number of nitrogens with zero attached hydrogens (tertiary/aromatic N) is 2. The lowest BCUT2D eigenvalue weighted by Gasteiger charge is -2.06. The van der Waals surface area contributed by atoms with Gasteiger partial charge in [0.1, 0.15) is 12.4 Å². The Kier molecular flexibility index (Phi) is 4.30. The van der Waals surface area contributed by atoms with Gasteiger partial charge in [-0.05, 0) is 24.3 Å². The molecule has 1 heterocycles. The molecule has 0 amide bonds. The molecular weight excluding hydrogens is 244 g/mol. The van der Waals surface area contributed by atoms with Crippen molar-refractivity contribution in [3.63, 3.8) is 0 Å². The average molecular weight is 260 g/mol. The molecule has 0 atom stereocenters. The lowest BCUT2D eigenvalue weighted by molar-refractivity contribution is 0.102. The summed E-state index contributed by atoms with van der Waals surface area (Å²) < 4.78 is 12.0. The lowest BCUT2D eigenvalue weighted by atomic mass is 10.1. The van der Waals surface area contributed by atoms with Crippen LogP contribution in [0.2, 0.25) is 0 Å². The third-order valence-corrected chi connectivity index (χ3v) is 2.70. The van der Waals surface area contributed by atoms with E-state index in [0.29, 0.717) is 30.4 Å². The zero-order chi connectivity index (χ0) is 13.7. The Morgan fingerprint density at radius 2 is 2.00 bits per heavy atom. The van der Waals surface area contributed by atoms with Gasteiger partial charge in [0, 0.05) is 32.1 Å². The SMILES string of the molecule is COCCOc1ccc(C(=O)c2nccn2C)cc1. The van der Waals surface area contributed by atoms with Crippen LogP contribution in [0.15, 0.2) is 36.7 Å². The fourth-order valence-corrected chi connectivity index (χ4v) is 1.66. The van der Waals surface area contributed by atoms with E-state index >= 15 is 0 Å². The molecule has 0 spiro atoms. The number of carbonyl (C=O) groups is 1. The predicted octanol–water partition coefficient (Wildman–Crippen LogP) is 1.68. The summed E-state index contributed by atoms with van der Waals surface area (Å²) >= 11 is 0. The second-order valence-corrected chi connectivity index (χ2v) is 4.06. The Morgan fingerprint density at radius 3 is 2.58 bits per heavy atom. The molecule has 1 aromatic carbocycles. The first-order valence-electron chi connectivity index (χ1n) is 5.96. The fraction of sp³-hybridized carbons (Fsp3) is 0.286. The van der Waals surface area contributed by atoms with E-state index in [-0.39, 0.29) is 5.78 Å². The summed E-state index contributed by atoms with van der Waals surface area (Å²) in [5.74, 6) is 1.04. The quantitative estimate of drug-likeness (QED) is 0.585. The Hall–Kier alpha value is -2.14. The van der Waals surface area contributed by atoms with Crippen LogP contribution in [-0.4, -0.2) is 35.7 Å². The molecule has 5 heteroatoms. The molecule has 0 aliphatic carbocycles. The minimum absolute atomic E-state index is 0.101. The van der Waals surface area contributed by atoms with Gasteiger partial charge in [-0.25, -0.2) is 4.98 Å². The van der Waals surface area contributed by atoms with Crippen molar-refractivity contribution < 1.29 is 14.3 Å². The Balaban J connectivity index is 2.06. The van der Waals surface area contributed by atoms with Crippen molar-refractivity contribution >= 4 is 5.78 Å². The number of hydrogen-bond acceptors (Lipinski definition) is 4. The Labute approximate surface area is 111 Å². The highest BCUT2D eigenvalue weighted by Crippen LogP contribution is 2.14. The molecule has 0 aliphatic rings. The second kappa shape index (κ2) is 6.15. The lowest BCUT2D eigenvalue weighted by Crippen LogP contribution is -2.09. The van der Waals surface area contributed by atoms with E-state index in [0.717, 1.165) is 0 Å². The standard InChI is InChI=1S/C14H16N2O3/c1-16-8-7-15-14(16)13(17)11-3-5-12(6-4-11)19-10-9-18-2/h3-8H,9-10H2,1-2H3. The predicted molar refractivity (Wildman–Crippen MR) is 70.5 cm³/mol. The highest BCUT2D eigenvalue weighted by molar-refractivity contribution is 6.06. The van der Waals surface area contributed by atoms with Gasteiger partial charge in [0.05, 0.1) is 6.61 Å². The molecule has 0 unspecified atom stereocenters. The maximum absolute atomic E-state index is 12.2. The molecule has 1 aromatic heterocycles. The number of ether oxygens (including phenoxy) is 2. The number of ketones is 1. The van der Waals surface area contributed by atoms with Gasteiger partial charge in [0.25, 0.3) is 0 Å². The molecular formula is C14H16N2O3. The summed E-state index contributed by atoms with van der Waals surface area (Å²) in [4.78, 5) is 16.2. The summed E-state index contributed by atoms with van der Waals surface area (Å²) in [6.45, 7) is 1.02. The van der Waals surface area contributed by atoms with Crippen LogP contribution < -0.4 is 4.74 Å². The van der Waals surface area contributed by atoms with Crippen molar-refractivity contribution in [1.82, 2.24) is 9.55 Å². The first kappa shape index (κ1) is 13.3. The molecule has 19 heavy (non-hydrogen) atoms. The normalized spacial score (nSPS) is 10.4. The first-order chi connectivity index (χ1) is 9.22. The number of rotatable bonds is 6. The van der Waals surface area contributed by atoms with Crippen LogP contribution in [0, 0.1) is 0 Å². The minimum Gasteiger partial charge on any atom is -0.491 e. The van der Waals surface area contributed by atoms with Crippen molar-refractivity contribution in [2.24, 2.45) is 7.05 Å². The van der Waals surface area contributed by atoms with Crippen molar-refractivity contribution in [3.05, 3.63) is 48.0 Å². The van der Waals surface area contributed by atoms with E-state index in [4.69, 9.17) is 9.47 Å². The Bertz CT molecular complexity index is 546. The maximum Gasteiger partial charge on any atom is 0.228 e. The largest absolute Gasteiger partial charge is 0.491 e. The van der Waals surface area contributed by atoms with Gasteiger partial charge in [-0.3, -0.25) is 4.79 Å². The van der Waals surface area contributed by atoms with Crippen molar-refractivity contribution in [3.8, 4) is 5.75 Å². The fourth-order valence-electron chi connectivity index (χ4n) is 1.66. The maximum atomic E-state index is 12.2. The van der Waals surface area contributed by atoms with Crippen LogP contribution in [0.5, 0.6) is 5.75 Å². The second-order valence-electron chi connectivity index (χ2n) is 4.06. The van der Waals surface area contributed by atoms with Gasteiger partial charge in [-0.15, -0.1) is 0 Å². The Morgan fingerprint density at radius 1 is 1.26 bits per heavy atom. The number of hydrogen-bond donors (Lipinski definition) is 0. The molecule has 0 fully saturated rings. The first-order valence-corrected chi connectivity index (χ1v) is 5.96. The molecule has 0 saturated heterocycles. The van der Waals surface area contributed by atoms with Gasteiger partial charge in [0.15, 0.2) is 5.82 Å². The van der Waals surface area contributed by atoms with E-state index in [9.17, 15) is 4.79 Å². The van der Waals surface area contributed by atoms with Crippen LogP contribution >= 0.6 is 0 Å². The van der Waals surface area contributed by atoms with Gasteiger partial charge < -0.3 is 14.0 Å². The zero-order valence-corrected chi connectivity index (χ0v) is 11.0. The summed E-state index contributed by atoms with van der Waals surface area (Å²) in [6, 6.07) is 7.01. The number of aryl methyl sites for hydroxylation is 1. The molecule has 0 bridgehead atoms. The summed E-state index contributed by atoms with van der Waals surface area (Å²) in [6.07, 6.45) is 3.35. The van der Waals surface area contributed by atoms with Crippen LogP contribution in [0.4, 0.5) is 0 Å². The molecule has 2 rings (SSSR count). The van der Waals surface area contributed by atoms with Gasteiger partial charge in [-0.1, -0.05) is 0 Å². The highest BCUT2D eigenvalue weighted by atomic mass is 16.5. The number of methoxy groups -OCH3 is 1. The molecule has 2 aromatic rings. The summed E-state index contributed by atoms with van der Waals surface area (Å²) in [7, 11) is 3.42. The number of imidazole rings is 1. The molecule has 0 radical (unpaired) electrons. The molecule has 0 aliphatic heterocycles. The van der Waals surface area contributed by atoms with Crippen LogP contribution in [0.25, 0.3) is 0 Å². The average Bonchev–Trinajstić information content (AvgIpc) is 2.85. The van der Waals surface area contributed by atoms with Gasteiger partial charge >= 0.3 is 0 Å². The monoisotopic (exact) mass is 260 g/mol. The highest BCUT2D eigenvalue weighted by Gasteiger charge is 2.13. The number of benzene rings is 1. The topological polar surface area (TPSA) is 53.4 Å². The van der Waals surface area contributed by atoms with Gasteiger partial charge in [0.2, 0.25) is 5.78 Å². The van der Waals surface area contributed by atoms with E-state index in [1.165, 1.54) is 0 Å². The zero-order valence-electron chi connectivity index (χ0n) is 11.0. The van der Waals surface area contributed by atoms with Crippen LogP contribution in [0.1, 0.15) is 16.2 Å². The van der Waals surface area contributed by atoms with Crippen molar-refractivity contribution in [1.29, 1.82) is 0 Å². The van der Waals surface area contributed by atoms with Crippen LogP contribution in [0.3, 0.4) is 0 Å². The molecule has 5 nitrogen and oxygen atoms in total. The van der Waals surface area contributed by atoms with Crippen molar-refractivity contribution in [2.45, 2.75) is 0 Å². The minimum atomic E-state index is -0.101. The van der Waals surface area contributed by atoms with Gasteiger partial charge in [-0.2, -0.15) is 0 Å². The molecule has 100 valence electrons. The third kappa shape index (κ3) is 3.20. The summed E-state index contributed by atoms with van der Waals surface area (Å²) in [5, 5.41) is 0. The van der Waals surface area contributed by atoms with E-state index in [2.05, 4.69) is 4.98 Å². The summed E-state index contributed by atoms with van der Waals surface area (Å²) in [5.41, 5.74) is 0.591. The van der Waals surface area contributed by atoms with E-state index < -0.39 is 0 Å². The smallest absolute Gasteiger partial charge is 0.228 e. The van der Waals surface area contributed by atoms with Crippen molar-refractivity contribution in [2.75, 3.05) is 20.3 Å². The third-order valence-electron chi connectivity index (χ3n) is 2.70. The van der Waals surface area contributed by atoms with E-state index in [1.54, 1.807) is 55.4 Å². The number of carbonyl (C=O) groups excluding carboxylic acids is 1. The number of aromatic nitrogens is 2. The van der Waals surface area contributed by atoms with Crippen LogP contribution in [-0.2, 0) is 11.8 Å². The molecule has 0 N–H and O–H groups in total.